The second-order valence-corrected chi connectivity index (χ2v) is 14.2. The summed E-state index contributed by atoms with van der Waals surface area (Å²) in [5.74, 6) is -0.234. The zero-order valence-corrected chi connectivity index (χ0v) is 24.1. The summed E-state index contributed by atoms with van der Waals surface area (Å²) in [7, 11) is -9.16. The highest BCUT2D eigenvalue weighted by Crippen LogP contribution is 2.57. The van der Waals surface area contributed by atoms with Crippen LogP contribution in [-0.4, -0.2) is 113 Å². The van der Waals surface area contributed by atoms with E-state index in [0.29, 0.717) is 0 Å². The van der Waals surface area contributed by atoms with Crippen LogP contribution < -0.4 is 21.1 Å². The van der Waals surface area contributed by atoms with Gasteiger partial charge >= 0.3 is 0 Å². The van der Waals surface area contributed by atoms with Crippen molar-refractivity contribution in [2.24, 2.45) is 0 Å². The van der Waals surface area contributed by atoms with Gasteiger partial charge in [0, 0.05) is 5.75 Å². The quantitative estimate of drug-likeness (QED) is 0.0891. The van der Waals surface area contributed by atoms with E-state index in [2.05, 4.69) is 28.3 Å². The molecule has 0 radical (unpaired) electrons. The molecule has 0 spiro atoms. The number of aliphatic hydroxyl groups excluding tert-OH is 5. The minimum absolute atomic E-state index is 0.0462. The molecule has 0 aromatic carbocycles. The molecular formula is C17H25N5O15P2S2-2. The Kier molecular flexibility index (Phi) is 10.2. The average Bonchev–Trinajstić information content (AvgIpc) is 3.42. The molecule has 2 saturated heterocycles. The Morgan fingerprint density at radius 3 is 2.44 bits per heavy atom. The Hall–Kier alpha value is -1.17. The molecule has 24 heteroatoms. The molecule has 2 aliphatic heterocycles. The number of nitrogen functional groups attached to an aromatic ring is 1. The number of H-pyrrole nitrogens is 1. The van der Waals surface area contributed by atoms with Crippen LogP contribution in [0.2, 0.25) is 0 Å². The van der Waals surface area contributed by atoms with Crippen LogP contribution in [0.15, 0.2) is 11.1 Å². The number of rotatable bonds is 11. The van der Waals surface area contributed by atoms with Gasteiger partial charge in [-0.15, -0.1) is 0 Å². The molecule has 2 aliphatic rings. The van der Waals surface area contributed by atoms with Crippen molar-refractivity contribution in [3.63, 3.8) is 0 Å². The van der Waals surface area contributed by atoms with Gasteiger partial charge in [-0.05, 0) is 6.26 Å². The van der Waals surface area contributed by atoms with Crippen LogP contribution in [-0.2, 0) is 32.0 Å². The first-order valence-corrected chi connectivity index (χ1v) is 17.0. The number of nitrogens with zero attached hydrogens (tertiary/aromatic N) is 3. The third-order valence-electron chi connectivity index (χ3n) is 5.91. The lowest BCUT2D eigenvalue weighted by atomic mass is 10.0. The number of aliphatic hydroxyl groups is 5. The summed E-state index contributed by atoms with van der Waals surface area (Å²) < 4.78 is 49.2. The number of hydrogen-bond donors (Lipinski definition) is 7. The van der Waals surface area contributed by atoms with E-state index in [1.807, 2.05) is 0 Å². The molecule has 2 aromatic heterocycles. The molecule has 0 amide bonds. The summed E-state index contributed by atoms with van der Waals surface area (Å²) in [5, 5.41) is 50.9. The maximum Gasteiger partial charge on any atom is 0.280 e. The van der Waals surface area contributed by atoms with E-state index in [4.69, 9.17) is 15.2 Å². The lowest BCUT2D eigenvalue weighted by molar-refractivity contribution is -0.298. The summed E-state index contributed by atoms with van der Waals surface area (Å²) in [6, 6.07) is 0. The predicted molar refractivity (Wildman–Crippen MR) is 134 cm³/mol. The number of fused-ring (bicyclic) bond motifs is 1. The second-order valence-electron chi connectivity index (χ2n) is 8.66. The van der Waals surface area contributed by atoms with Crippen molar-refractivity contribution in [1.82, 2.24) is 19.5 Å². The van der Waals surface area contributed by atoms with Crippen molar-refractivity contribution < 1.29 is 67.3 Å². The first kappa shape index (κ1) is 32.7. The Morgan fingerprint density at radius 1 is 1.07 bits per heavy atom. The Bertz CT molecular complexity index is 1380. The van der Waals surface area contributed by atoms with Gasteiger partial charge in [0.2, 0.25) is 5.95 Å². The predicted octanol–water partition coefficient (Wildman–Crippen LogP) is -3.87. The number of nitrogens with one attached hydrogen (secondary N) is 1. The van der Waals surface area contributed by atoms with Crippen molar-refractivity contribution in [1.29, 1.82) is 0 Å². The van der Waals surface area contributed by atoms with E-state index >= 15 is 0 Å². The molecule has 8 N–H and O–H groups in total. The van der Waals surface area contributed by atoms with Gasteiger partial charge in [-0.3, -0.25) is 28.0 Å². The van der Waals surface area contributed by atoms with Crippen LogP contribution >= 0.6 is 37.2 Å². The first-order valence-electron chi connectivity index (χ1n) is 11.4. The van der Waals surface area contributed by atoms with E-state index in [0.717, 1.165) is 10.9 Å². The second kappa shape index (κ2) is 12.8. The molecule has 4 rings (SSSR count). The van der Waals surface area contributed by atoms with E-state index in [1.54, 1.807) is 6.26 Å². The molecule has 41 heavy (non-hydrogen) atoms. The molecule has 11 atom stereocenters. The van der Waals surface area contributed by atoms with Crippen LogP contribution in [0, 0.1) is 0 Å². The standard InChI is InChI=1S/C17H27N5O15P2S2/c1-40-41-3-6-9(24)10(25)12(27)16(35-6)36-39(31,32)37-38(29,30)33-2-5-8(23)11(26)15(34-5)22-4-19-7-13(22)20-17(18)21-14(7)28/h4-6,8-12,15-16,23-27H,2-3H2,1H3,(H,29,30)(H,31,32)(H3,18,20,21,28)/p-2. The Balaban J connectivity index is 1.38. The summed E-state index contributed by atoms with van der Waals surface area (Å²) in [6.45, 7) is -1.06. The zero-order chi connectivity index (χ0) is 30.3. The number of phosphoric ester groups is 2. The van der Waals surface area contributed by atoms with Gasteiger partial charge in [0.25, 0.3) is 21.2 Å². The molecule has 2 fully saturated rings. The SMILES string of the molecule is CSSCC1OC(OP(=O)([O-])OP(=O)([O-])OCC2OC(n3cnc4c(=O)[nH]c(N)nc43)C(O)C2O)C(O)C(O)C1O. The maximum absolute atomic E-state index is 12.3. The zero-order valence-electron chi connectivity index (χ0n) is 20.6. The number of nitrogens with two attached hydrogens (primary N) is 1. The fourth-order valence-corrected chi connectivity index (χ4v) is 7.40. The molecule has 11 unspecified atom stereocenters. The van der Waals surface area contributed by atoms with Crippen LogP contribution in [0.25, 0.3) is 11.2 Å². The highest BCUT2D eigenvalue weighted by Gasteiger charge is 2.47. The van der Waals surface area contributed by atoms with Crippen molar-refractivity contribution in [2.45, 2.75) is 55.2 Å². The third kappa shape index (κ3) is 7.32. The molecule has 0 saturated carbocycles. The lowest BCUT2D eigenvalue weighted by Gasteiger charge is -2.42. The van der Waals surface area contributed by atoms with Gasteiger partial charge in [-0.1, -0.05) is 21.6 Å². The van der Waals surface area contributed by atoms with Crippen molar-refractivity contribution in [3.8, 4) is 0 Å². The Morgan fingerprint density at radius 2 is 1.76 bits per heavy atom. The van der Waals surface area contributed by atoms with Gasteiger partial charge in [-0.25, -0.2) is 9.29 Å². The van der Waals surface area contributed by atoms with Crippen LogP contribution in [0.3, 0.4) is 0 Å². The molecule has 2 aromatic rings. The smallest absolute Gasteiger partial charge is 0.280 e. The van der Waals surface area contributed by atoms with E-state index in [1.165, 1.54) is 21.6 Å². The van der Waals surface area contributed by atoms with Crippen molar-refractivity contribution >= 4 is 54.3 Å². The van der Waals surface area contributed by atoms with E-state index in [9.17, 15) is 49.2 Å². The normalized spacial score (nSPS) is 35.4. The number of aromatic nitrogens is 4. The largest absolute Gasteiger partial charge is 0.756 e. The number of phosphoric acid groups is 2. The molecule has 4 heterocycles. The number of hydrogen-bond acceptors (Lipinski definition) is 20. The van der Waals surface area contributed by atoms with Gasteiger partial charge in [0.05, 0.1) is 19.0 Å². The third-order valence-corrected chi connectivity index (χ3v) is 10.3. The number of ether oxygens (including phenoxy) is 2. The molecule has 232 valence electrons. The van der Waals surface area contributed by atoms with Gasteiger partial charge in [0.1, 0.15) is 36.6 Å². The van der Waals surface area contributed by atoms with Gasteiger partial charge < -0.3 is 55.1 Å². The highest BCUT2D eigenvalue weighted by molar-refractivity contribution is 8.76. The summed E-state index contributed by atoms with van der Waals surface area (Å²) in [4.78, 5) is 46.5. The molecule has 0 bridgehead atoms. The number of anilines is 1. The maximum atomic E-state index is 12.3. The lowest BCUT2D eigenvalue weighted by Crippen LogP contribution is -2.58. The number of aromatic amines is 1. The number of imidazole rings is 1. The molecular weight excluding hydrogens is 640 g/mol. The minimum atomic E-state index is -5.85. The van der Waals surface area contributed by atoms with Crippen molar-refractivity contribution in [3.05, 3.63) is 16.7 Å². The van der Waals surface area contributed by atoms with E-state index in [-0.39, 0.29) is 22.9 Å². The van der Waals surface area contributed by atoms with Crippen molar-refractivity contribution in [2.75, 3.05) is 24.3 Å². The van der Waals surface area contributed by atoms with Crippen LogP contribution in [0.4, 0.5) is 5.95 Å². The summed E-state index contributed by atoms with van der Waals surface area (Å²) in [6.07, 6.45) is -12.7. The highest BCUT2D eigenvalue weighted by atomic mass is 33.1. The first-order chi connectivity index (χ1) is 19.1. The fraction of sp³-hybridized carbons (Fsp3) is 0.706. The molecule has 0 aliphatic carbocycles. The monoisotopic (exact) mass is 665 g/mol. The topological polar surface area (TPSA) is 317 Å². The fourth-order valence-electron chi connectivity index (χ4n) is 3.96. The minimum Gasteiger partial charge on any atom is -0.756 e. The molecule has 20 nitrogen and oxygen atoms in total. The Labute approximate surface area is 237 Å². The van der Waals surface area contributed by atoms with E-state index < -0.39 is 83.1 Å². The van der Waals surface area contributed by atoms with Crippen LogP contribution in [0.5, 0.6) is 0 Å². The van der Waals surface area contributed by atoms with Gasteiger partial charge in [0.15, 0.2) is 23.7 Å². The van der Waals surface area contributed by atoms with Crippen LogP contribution in [0.1, 0.15) is 6.23 Å². The summed E-state index contributed by atoms with van der Waals surface area (Å²) in [5.41, 5.74) is 4.54. The van der Waals surface area contributed by atoms with Gasteiger partial charge in [-0.2, -0.15) is 4.98 Å². The average molecular weight is 665 g/mol. The summed E-state index contributed by atoms with van der Waals surface area (Å²) >= 11 is 0.